The minimum Gasteiger partial charge on any atom is -0.460 e. The molecule has 0 fully saturated rings. The maximum Gasteiger partial charge on any atom is 0.308 e. The van der Waals surface area contributed by atoms with Crippen molar-refractivity contribution in [2.75, 3.05) is 0 Å². The van der Waals surface area contributed by atoms with E-state index in [1.807, 2.05) is 0 Å². The SMILES string of the molecule is CC(=O)Oc1ccc2c(=O)c(Oc3c(Br)cc(Br)cc3Br)coc2c1. The molecule has 1 aromatic heterocycles. The Labute approximate surface area is 167 Å². The number of carbonyl (C=O) groups is 1. The van der Waals surface area contributed by atoms with Gasteiger partial charge in [-0.3, -0.25) is 9.59 Å². The summed E-state index contributed by atoms with van der Waals surface area (Å²) in [6.45, 7) is 1.30. The van der Waals surface area contributed by atoms with E-state index in [-0.39, 0.29) is 11.2 Å². The summed E-state index contributed by atoms with van der Waals surface area (Å²) in [6, 6.07) is 8.13. The van der Waals surface area contributed by atoms with Gasteiger partial charge in [-0.1, -0.05) is 15.9 Å². The van der Waals surface area contributed by atoms with Crippen molar-refractivity contribution in [3.8, 4) is 17.2 Å². The lowest BCUT2D eigenvalue weighted by Gasteiger charge is -2.10. The monoisotopic (exact) mass is 530 g/mol. The Morgan fingerprint density at radius 2 is 1.76 bits per heavy atom. The number of fused-ring (bicyclic) bond motifs is 1. The van der Waals surface area contributed by atoms with Gasteiger partial charge in [0.2, 0.25) is 11.2 Å². The molecular weight excluding hydrogens is 524 g/mol. The van der Waals surface area contributed by atoms with Crippen LogP contribution in [0.2, 0.25) is 0 Å². The van der Waals surface area contributed by atoms with Crippen LogP contribution in [0.4, 0.5) is 0 Å². The number of ether oxygens (including phenoxy) is 2. The molecule has 0 aliphatic heterocycles. The number of carbonyl (C=O) groups excluding carboxylic acids is 1. The molecule has 5 nitrogen and oxygen atoms in total. The van der Waals surface area contributed by atoms with Gasteiger partial charge in [0, 0.05) is 17.5 Å². The molecule has 0 aliphatic rings. The summed E-state index contributed by atoms with van der Waals surface area (Å²) in [6.07, 6.45) is 1.23. The van der Waals surface area contributed by atoms with E-state index in [1.54, 1.807) is 12.1 Å². The molecule has 25 heavy (non-hydrogen) atoms. The molecule has 128 valence electrons. The largest absolute Gasteiger partial charge is 0.460 e. The fraction of sp³-hybridized carbons (Fsp3) is 0.0588. The molecule has 1 heterocycles. The van der Waals surface area contributed by atoms with Crippen LogP contribution in [0.5, 0.6) is 17.2 Å². The molecule has 0 aliphatic carbocycles. The van der Waals surface area contributed by atoms with E-state index < -0.39 is 5.97 Å². The second kappa shape index (κ2) is 7.31. The average molecular weight is 533 g/mol. The number of hydrogen-bond donors (Lipinski definition) is 0. The van der Waals surface area contributed by atoms with Crippen molar-refractivity contribution in [2.45, 2.75) is 6.92 Å². The van der Waals surface area contributed by atoms with Gasteiger partial charge in [0.05, 0.1) is 14.3 Å². The van der Waals surface area contributed by atoms with Crippen molar-refractivity contribution in [1.82, 2.24) is 0 Å². The van der Waals surface area contributed by atoms with Gasteiger partial charge in [-0.2, -0.15) is 0 Å². The van der Waals surface area contributed by atoms with E-state index in [2.05, 4.69) is 47.8 Å². The van der Waals surface area contributed by atoms with Crippen molar-refractivity contribution in [3.63, 3.8) is 0 Å². The van der Waals surface area contributed by atoms with Crippen LogP contribution in [0.15, 0.2) is 59.2 Å². The van der Waals surface area contributed by atoms with Crippen LogP contribution < -0.4 is 14.9 Å². The van der Waals surface area contributed by atoms with Crippen LogP contribution >= 0.6 is 47.8 Å². The summed E-state index contributed by atoms with van der Waals surface area (Å²) < 4.78 is 18.3. The molecule has 0 saturated carbocycles. The number of esters is 1. The zero-order chi connectivity index (χ0) is 18.1. The summed E-state index contributed by atoms with van der Waals surface area (Å²) in [5.74, 6) is 0.338. The van der Waals surface area contributed by atoms with Crippen molar-refractivity contribution < 1.29 is 18.7 Å². The highest BCUT2D eigenvalue weighted by Gasteiger charge is 2.15. The summed E-state index contributed by atoms with van der Waals surface area (Å²) in [4.78, 5) is 23.6. The lowest BCUT2D eigenvalue weighted by Crippen LogP contribution is -2.06. The van der Waals surface area contributed by atoms with Gasteiger partial charge in [-0.05, 0) is 56.1 Å². The highest BCUT2D eigenvalue weighted by Crippen LogP contribution is 2.38. The van der Waals surface area contributed by atoms with Crippen LogP contribution in [-0.2, 0) is 4.79 Å². The van der Waals surface area contributed by atoms with Gasteiger partial charge in [-0.15, -0.1) is 0 Å². The molecule has 8 heteroatoms. The third-order valence-electron chi connectivity index (χ3n) is 3.15. The lowest BCUT2D eigenvalue weighted by molar-refractivity contribution is -0.131. The predicted molar refractivity (Wildman–Crippen MR) is 103 cm³/mol. The van der Waals surface area contributed by atoms with Crippen molar-refractivity contribution in [3.05, 3.63) is 60.2 Å². The molecule has 0 atom stereocenters. The molecule has 0 spiro atoms. The Bertz CT molecular complexity index is 1020. The van der Waals surface area contributed by atoms with E-state index in [0.717, 1.165) is 4.47 Å². The zero-order valence-corrected chi connectivity index (χ0v) is 17.4. The molecule has 2 aromatic carbocycles. The van der Waals surface area contributed by atoms with Crippen LogP contribution in [0.25, 0.3) is 11.0 Å². The molecule has 0 saturated heterocycles. The normalized spacial score (nSPS) is 10.7. The van der Waals surface area contributed by atoms with Crippen molar-refractivity contribution >= 4 is 64.7 Å². The summed E-state index contributed by atoms with van der Waals surface area (Å²) >= 11 is 10.2. The topological polar surface area (TPSA) is 65.7 Å². The molecule has 0 bridgehead atoms. The van der Waals surface area contributed by atoms with E-state index in [9.17, 15) is 9.59 Å². The van der Waals surface area contributed by atoms with Crippen LogP contribution in [0.3, 0.4) is 0 Å². The first-order chi connectivity index (χ1) is 11.8. The molecule has 0 amide bonds. The number of rotatable bonds is 3. The molecule has 3 aromatic rings. The number of halogens is 3. The minimum atomic E-state index is -0.452. The lowest BCUT2D eigenvalue weighted by atomic mass is 10.2. The molecule has 0 radical (unpaired) electrons. The van der Waals surface area contributed by atoms with E-state index >= 15 is 0 Å². The Morgan fingerprint density at radius 1 is 1.08 bits per heavy atom. The minimum absolute atomic E-state index is 0.0384. The fourth-order valence-electron chi connectivity index (χ4n) is 2.13. The Kier molecular flexibility index (Phi) is 5.31. The van der Waals surface area contributed by atoms with Crippen LogP contribution in [-0.4, -0.2) is 5.97 Å². The predicted octanol–water partition coefficient (Wildman–Crippen LogP) is 5.80. The zero-order valence-electron chi connectivity index (χ0n) is 12.6. The van der Waals surface area contributed by atoms with Gasteiger partial charge < -0.3 is 13.9 Å². The summed E-state index contributed by atoms with van der Waals surface area (Å²) in [5, 5.41) is 0.317. The van der Waals surface area contributed by atoms with Crippen LogP contribution in [0, 0.1) is 0 Å². The van der Waals surface area contributed by atoms with E-state index in [1.165, 1.54) is 31.4 Å². The maximum atomic E-state index is 12.6. The van der Waals surface area contributed by atoms with Crippen LogP contribution in [0.1, 0.15) is 6.92 Å². The van der Waals surface area contributed by atoms with Gasteiger partial charge in [0.25, 0.3) is 0 Å². The Morgan fingerprint density at radius 3 is 2.40 bits per heavy atom. The second-order valence-corrected chi connectivity index (χ2v) is 7.61. The molecule has 3 rings (SSSR count). The second-order valence-electron chi connectivity index (χ2n) is 4.98. The number of benzene rings is 2. The first-order valence-electron chi connectivity index (χ1n) is 6.91. The smallest absolute Gasteiger partial charge is 0.308 e. The first kappa shape index (κ1) is 18.2. The fourth-order valence-corrected chi connectivity index (χ4v) is 4.55. The highest BCUT2D eigenvalue weighted by molar-refractivity contribution is 9.11. The van der Waals surface area contributed by atoms with Gasteiger partial charge in [0.15, 0.2) is 5.75 Å². The highest BCUT2D eigenvalue weighted by atomic mass is 79.9. The van der Waals surface area contributed by atoms with Gasteiger partial charge in [0.1, 0.15) is 17.6 Å². The van der Waals surface area contributed by atoms with E-state index in [4.69, 9.17) is 13.9 Å². The average Bonchev–Trinajstić information content (AvgIpc) is 2.52. The summed E-state index contributed by atoms with van der Waals surface area (Å²) in [5.41, 5.74) is -0.0395. The van der Waals surface area contributed by atoms with Crippen molar-refractivity contribution in [1.29, 1.82) is 0 Å². The molecule has 0 unspecified atom stereocenters. The molecule has 0 N–H and O–H groups in total. The van der Waals surface area contributed by atoms with E-state index in [0.29, 0.717) is 31.4 Å². The van der Waals surface area contributed by atoms with Gasteiger partial charge in [-0.25, -0.2) is 0 Å². The first-order valence-corrected chi connectivity index (χ1v) is 9.29. The maximum absolute atomic E-state index is 12.6. The standard InChI is InChI=1S/C17H9Br3O5/c1-8(21)24-10-2-3-11-14(6-10)23-7-15(16(11)22)25-17-12(19)4-9(18)5-13(17)20/h2-7H,1H3. The summed E-state index contributed by atoms with van der Waals surface area (Å²) in [7, 11) is 0. The Hall–Kier alpha value is -1.64. The molecular formula is C17H9Br3O5. The Balaban J connectivity index is 2.03. The quantitative estimate of drug-likeness (QED) is 0.315. The third kappa shape index (κ3) is 3.96. The van der Waals surface area contributed by atoms with Gasteiger partial charge >= 0.3 is 5.97 Å². The number of hydrogen-bond acceptors (Lipinski definition) is 5. The van der Waals surface area contributed by atoms with Crippen molar-refractivity contribution in [2.24, 2.45) is 0 Å². The third-order valence-corrected chi connectivity index (χ3v) is 4.79.